The number of carbonyl (C=O) groups excluding carboxylic acids is 2. The SMILES string of the molecule is CC/C=C\C/C=C\C/C=C\C/C=C\C/C=C\CCCCCC(=O)OC(/C=C\CCCCCCCCC)CCCCCCCCC(=O)NC(CCCN)C(=O)O. The first-order valence-corrected chi connectivity index (χ1v) is 22.3. The minimum atomic E-state index is -1.01. The Morgan fingerprint density at radius 2 is 1.05 bits per heavy atom. The van der Waals surface area contributed by atoms with Crippen LogP contribution in [0.15, 0.2) is 72.9 Å². The van der Waals surface area contributed by atoms with E-state index in [9.17, 15) is 19.5 Å². The Balaban J connectivity index is 4.34. The minimum Gasteiger partial charge on any atom is -0.480 e. The van der Waals surface area contributed by atoms with Gasteiger partial charge in [-0.3, -0.25) is 9.59 Å². The Kier molecular flexibility index (Phi) is 39.5. The third-order valence-electron chi connectivity index (χ3n) is 9.49. The molecule has 2 unspecified atom stereocenters. The summed E-state index contributed by atoms with van der Waals surface area (Å²) in [6.45, 7) is 4.81. The van der Waals surface area contributed by atoms with Crippen LogP contribution in [0.4, 0.5) is 0 Å². The lowest BCUT2D eigenvalue weighted by atomic mass is 10.0. The third-order valence-corrected chi connectivity index (χ3v) is 9.49. The molecule has 0 radical (unpaired) electrons. The molecule has 4 N–H and O–H groups in total. The van der Waals surface area contributed by atoms with E-state index in [2.05, 4.69) is 92.1 Å². The molecule has 0 saturated carbocycles. The smallest absolute Gasteiger partial charge is 0.326 e. The van der Waals surface area contributed by atoms with Crippen LogP contribution in [0.25, 0.3) is 0 Å². The number of unbranched alkanes of at least 4 members (excludes halogenated alkanes) is 15. The number of rotatable bonds is 39. The van der Waals surface area contributed by atoms with Crippen LogP contribution < -0.4 is 11.1 Å². The van der Waals surface area contributed by atoms with E-state index in [1.54, 1.807) is 0 Å². The lowest BCUT2D eigenvalue weighted by molar-refractivity contribution is -0.147. The van der Waals surface area contributed by atoms with Crippen molar-refractivity contribution in [3.8, 4) is 0 Å². The van der Waals surface area contributed by atoms with E-state index in [0.29, 0.717) is 32.2 Å². The van der Waals surface area contributed by atoms with E-state index in [4.69, 9.17) is 10.5 Å². The number of aliphatic carboxylic acids is 1. The molecule has 0 saturated heterocycles. The number of carbonyl (C=O) groups is 3. The number of ether oxygens (including phenoxy) is 1. The third kappa shape index (κ3) is 38.9. The highest BCUT2D eigenvalue weighted by molar-refractivity contribution is 5.83. The fraction of sp³-hybridized carbons (Fsp3) is 0.688. The Morgan fingerprint density at radius 3 is 1.64 bits per heavy atom. The zero-order valence-corrected chi connectivity index (χ0v) is 35.2. The summed E-state index contributed by atoms with van der Waals surface area (Å²) in [5.74, 6) is -1.30. The van der Waals surface area contributed by atoms with Crippen LogP contribution in [-0.4, -0.2) is 41.6 Å². The summed E-state index contributed by atoms with van der Waals surface area (Å²) in [4.78, 5) is 36.3. The second kappa shape index (κ2) is 42.0. The molecule has 314 valence electrons. The van der Waals surface area contributed by atoms with Gasteiger partial charge in [-0.05, 0) is 109 Å². The second-order valence-corrected chi connectivity index (χ2v) is 14.7. The van der Waals surface area contributed by atoms with Crippen molar-refractivity contribution in [2.45, 2.75) is 206 Å². The van der Waals surface area contributed by atoms with Gasteiger partial charge >= 0.3 is 11.9 Å². The highest BCUT2D eigenvalue weighted by atomic mass is 16.5. The van der Waals surface area contributed by atoms with Gasteiger partial charge in [0.15, 0.2) is 0 Å². The fourth-order valence-electron chi connectivity index (χ4n) is 6.15. The van der Waals surface area contributed by atoms with Crippen LogP contribution in [0.2, 0.25) is 0 Å². The maximum atomic E-state index is 12.8. The van der Waals surface area contributed by atoms with Gasteiger partial charge in [-0.2, -0.15) is 0 Å². The zero-order chi connectivity index (χ0) is 40.3. The summed E-state index contributed by atoms with van der Waals surface area (Å²) < 4.78 is 5.95. The highest BCUT2D eigenvalue weighted by Crippen LogP contribution is 2.16. The van der Waals surface area contributed by atoms with Crippen molar-refractivity contribution in [2.24, 2.45) is 5.73 Å². The molecule has 0 rings (SSSR count). The average molecular weight is 767 g/mol. The highest BCUT2D eigenvalue weighted by Gasteiger charge is 2.18. The van der Waals surface area contributed by atoms with Crippen molar-refractivity contribution < 1.29 is 24.2 Å². The molecule has 0 aromatic carbocycles. The average Bonchev–Trinajstić information content (AvgIpc) is 3.17. The topological polar surface area (TPSA) is 119 Å². The molecule has 1 amide bonds. The van der Waals surface area contributed by atoms with Crippen molar-refractivity contribution in [2.75, 3.05) is 6.54 Å². The molecule has 0 aromatic rings. The fourth-order valence-corrected chi connectivity index (χ4v) is 6.15. The van der Waals surface area contributed by atoms with Gasteiger partial charge < -0.3 is 20.9 Å². The van der Waals surface area contributed by atoms with Gasteiger partial charge in [-0.25, -0.2) is 4.79 Å². The van der Waals surface area contributed by atoms with Crippen LogP contribution in [0, 0.1) is 0 Å². The van der Waals surface area contributed by atoms with Gasteiger partial charge in [0.1, 0.15) is 12.1 Å². The largest absolute Gasteiger partial charge is 0.480 e. The summed E-state index contributed by atoms with van der Waals surface area (Å²) in [5, 5.41) is 11.9. The Morgan fingerprint density at radius 1 is 0.564 bits per heavy atom. The molecule has 0 bridgehead atoms. The van der Waals surface area contributed by atoms with Gasteiger partial charge in [0.25, 0.3) is 0 Å². The number of nitrogens with one attached hydrogen (secondary N) is 1. The summed E-state index contributed by atoms with van der Waals surface area (Å²) >= 11 is 0. The van der Waals surface area contributed by atoms with Crippen molar-refractivity contribution in [1.82, 2.24) is 5.32 Å². The zero-order valence-electron chi connectivity index (χ0n) is 35.2. The maximum Gasteiger partial charge on any atom is 0.326 e. The number of hydrogen-bond acceptors (Lipinski definition) is 5. The van der Waals surface area contributed by atoms with Crippen LogP contribution in [0.5, 0.6) is 0 Å². The van der Waals surface area contributed by atoms with Gasteiger partial charge in [0.05, 0.1) is 0 Å². The van der Waals surface area contributed by atoms with Crippen LogP contribution in [-0.2, 0) is 19.1 Å². The van der Waals surface area contributed by atoms with Crippen molar-refractivity contribution in [1.29, 1.82) is 0 Å². The molecule has 55 heavy (non-hydrogen) atoms. The molecule has 2 atom stereocenters. The first-order valence-electron chi connectivity index (χ1n) is 22.3. The molecule has 0 aliphatic rings. The van der Waals surface area contributed by atoms with Crippen molar-refractivity contribution >= 4 is 17.8 Å². The number of amides is 1. The molecule has 7 heteroatoms. The monoisotopic (exact) mass is 767 g/mol. The van der Waals surface area contributed by atoms with E-state index in [1.165, 1.54) is 44.9 Å². The second-order valence-electron chi connectivity index (χ2n) is 14.7. The Labute approximate surface area is 337 Å². The summed E-state index contributed by atoms with van der Waals surface area (Å²) in [7, 11) is 0. The predicted molar refractivity (Wildman–Crippen MR) is 234 cm³/mol. The molecule has 0 spiro atoms. The molecule has 0 aliphatic carbocycles. The summed E-state index contributed by atoms with van der Waals surface area (Å²) in [5.41, 5.74) is 5.48. The lowest BCUT2D eigenvalue weighted by Crippen LogP contribution is -2.40. The number of carboxylic acid groups (broad SMARTS) is 1. The van der Waals surface area contributed by atoms with Crippen LogP contribution >= 0.6 is 0 Å². The quantitative estimate of drug-likeness (QED) is 0.0326. The van der Waals surface area contributed by atoms with Crippen molar-refractivity contribution in [3.63, 3.8) is 0 Å². The molecule has 0 fully saturated rings. The van der Waals surface area contributed by atoms with E-state index >= 15 is 0 Å². The number of carboxylic acids is 1. The summed E-state index contributed by atoms with van der Waals surface area (Å²) in [6.07, 6.45) is 53.9. The molecular formula is C48H82N2O5. The number of hydrogen-bond donors (Lipinski definition) is 3. The maximum absolute atomic E-state index is 12.8. The lowest BCUT2D eigenvalue weighted by Gasteiger charge is -2.15. The van der Waals surface area contributed by atoms with Gasteiger partial charge in [-0.1, -0.05) is 151 Å². The molecular weight excluding hydrogens is 685 g/mol. The summed E-state index contributed by atoms with van der Waals surface area (Å²) in [6, 6.07) is -0.858. The first kappa shape index (κ1) is 51.8. The van der Waals surface area contributed by atoms with Crippen LogP contribution in [0.1, 0.15) is 194 Å². The number of esters is 1. The van der Waals surface area contributed by atoms with E-state index in [0.717, 1.165) is 109 Å². The van der Waals surface area contributed by atoms with Gasteiger partial charge in [0.2, 0.25) is 5.91 Å². The Bertz CT molecular complexity index is 1090. The molecule has 0 heterocycles. The number of nitrogens with two attached hydrogens (primary N) is 1. The first-order chi connectivity index (χ1) is 26.9. The van der Waals surface area contributed by atoms with Gasteiger partial charge in [-0.15, -0.1) is 0 Å². The molecule has 0 aliphatic heterocycles. The standard InChI is InChI=1S/C48H82N2O5/c1-3-5-7-9-11-13-14-15-16-17-18-19-20-21-22-24-26-32-36-42-47(52)55-44(38-33-29-25-23-12-10-8-6-4-2)39-34-30-27-28-31-35-41-46(51)50-45(48(53)54)40-37-43-49/h5,7,11,13,15-16,18-19,21-22,33,38,44-45H,3-4,6,8-10,12,14,17,20,23-32,34-37,39-43,49H2,1-2H3,(H,50,51)(H,53,54)/b7-5-,13-11-,16-15-,19-18-,22-21-,38-33-. The molecule has 7 nitrogen and oxygen atoms in total. The normalized spacial score (nSPS) is 13.4. The minimum absolute atomic E-state index is 0.0908. The number of allylic oxidation sites excluding steroid dienone is 11. The van der Waals surface area contributed by atoms with E-state index < -0.39 is 12.0 Å². The van der Waals surface area contributed by atoms with E-state index in [-0.39, 0.29) is 18.0 Å². The van der Waals surface area contributed by atoms with Crippen molar-refractivity contribution in [3.05, 3.63) is 72.9 Å². The molecule has 0 aromatic heterocycles. The Hall–Kier alpha value is -3.19. The van der Waals surface area contributed by atoms with Crippen LogP contribution in [0.3, 0.4) is 0 Å². The van der Waals surface area contributed by atoms with Gasteiger partial charge in [0, 0.05) is 12.8 Å². The predicted octanol–water partition coefficient (Wildman–Crippen LogP) is 12.7. The van der Waals surface area contributed by atoms with E-state index in [1.807, 2.05) is 0 Å².